The number of aromatic nitrogens is 4. The Kier molecular flexibility index (Phi) is 5.11. The van der Waals surface area contributed by atoms with Gasteiger partial charge in [0.05, 0.1) is 5.69 Å². The Morgan fingerprint density at radius 2 is 1.91 bits per heavy atom. The molecule has 6 nitrogen and oxygen atoms in total. The molecule has 0 amide bonds. The van der Waals surface area contributed by atoms with Crippen molar-refractivity contribution in [2.75, 3.05) is 19.6 Å². The van der Waals surface area contributed by atoms with Crippen molar-refractivity contribution >= 4 is 0 Å². The average Bonchev–Trinajstić information content (AvgIpc) is 2.84. The van der Waals surface area contributed by atoms with Crippen molar-refractivity contribution in [2.45, 2.75) is 45.4 Å². The molecule has 0 aliphatic carbocycles. The first-order valence-electron chi connectivity index (χ1n) is 8.17. The lowest BCUT2D eigenvalue weighted by Crippen LogP contribution is -2.26. The molecule has 0 spiro atoms. The van der Waals surface area contributed by atoms with Crippen LogP contribution in [0.3, 0.4) is 0 Å². The zero-order chi connectivity index (χ0) is 15.2. The monoisotopic (exact) mass is 301 g/mol. The number of hydrogen-bond donors (Lipinski definition) is 0. The van der Waals surface area contributed by atoms with Crippen molar-refractivity contribution in [1.29, 1.82) is 0 Å². The lowest BCUT2D eigenvalue weighted by Gasteiger charge is -2.18. The highest BCUT2D eigenvalue weighted by Crippen LogP contribution is 2.14. The van der Waals surface area contributed by atoms with Crippen LogP contribution in [0.25, 0.3) is 11.5 Å². The van der Waals surface area contributed by atoms with E-state index in [0.717, 1.165) is 25.1 Å². The fourth-order valence-electron chi connectivity index (χ4n) is 2.79. The highest BCUT2D eigenvalue weighted by Gasteiger charge is 2.12. The second kappa shape index (κ2) is 7.45. The lowest BCUT2D eigenvalue weighted by molar-refractivity contribution is 0.275. The summed E-state index contributed by atoms with van der Waals surface area (Å²) in [6, 6.07) is 3.77. The molecule has 118 valence electrons. The standard InChI is InChI=1S/C16H23N5O/c1-13-8-9-14(19-18-13)16-17-15(22-20-16)7-6-12-21-10-4-2-3-5-11-21/h8-9H,2-7,10-12H2,1H3. The third-order valence-electron chi connectivity index (χ3n) is 4.06. The van der Waals surface area contributed by atoms with E-state index in [1.54, 1.807) is 0 Å². The summed E-state index contributed by atoms with van der Waals surface area (Å²) in [5.41, 5.74) is 1.54. The minimum absolute atomic E-state index is 0.525. The first-order valence-corrected chi connectivity index (χ1v) is 8.17. The summed E-state index contributed by atoms with van der Waals surface area (Å²) >= 11 is 0. The molecule has 1 aliphatic rings. The van der Waals surface area contributed by atoms with E-state index in [2.05, 4.69) is 25.2 Å². The van der Waals surface area contributed by atoms with E-state index in [0.29, 0.717) is 17.4 Å². The van der Waals surface area contributed by atoms with Gasteiger partial charge in [-0.05, 0) is 58.0 Å². The smallest absolute Gasteiger partial charge is 0.227 e. The van der Waals surface area contributed by atoms with Gasteiger partial charge in [-0.25, -0.2) is 0 Å². The van der Waals surface area contributed by atoms with Crippen molar-refractivity contribution < 1.29 is 4.52 Å². The third kappa shape index (κ3) is 4.10. The summed E-state index contributed by atoms with van der Waals surface area (Å²) in [5.74, 6) is 1.21. The van der Waals surface area contributed by atoms with Crippen LogP contribution in [-0.2, 0) is 6.42 Å². The molecule has 3 rings (SSSR count). The number of hydrogen-bond acceptors (Lipinski definition) is 6. The van der Waals surface area contributed by atoms with Crippen LogP contribution in [0.1, 0.15) is 43.7 Å². The fraction of sp³-hybridized carbons (Fsp3) is 0.625. The largest absolute Gasteiger partial charge is 0.339 e. The Balaban J connectivity index is 1.50. The van der Waals surface area contributed by atoms with Gasteiger partial charge in [0.1, 0.15) is 5.69 Å². The van der Waals surface area contributed by atoms with E-state index in [1.165, 1.54) is 38.8 Å². The summed E-state index contributed by atoms with van der Waals surface area (Å²) < 4.78 is 5.32. The molecular formula is C16H23N5O. The molecule has 0 N–H and O–H groups in total. The molecule has 0 unspecified atom stereocenters. The van der Waals surface area contributed by atoms with Gasteiger partial charge in [0.2, 0.25) is 11.7 Å². The molecule has 2 aromatic rings. The van der Waals surface area contributed by atoms with Gasteiger partial charge >= 0.3 is 0 Å². The van der Waals surface area contributed by atoms with Gasteiger partial charge in [-0.3, -0.25) is 0 Å². The topological polar surface area (TPSA) is 67.9 Å². The molecule has 0 atom stereocenters. The number of rotatable bonds is 5. The molecule has 0 aromatic carbocycles. The number of nitrogens with zero attached hydrogens (tertiary/aromatic N) is 5. The van der Waals surface area contributed by atoms with E-state index < -0.39 is 0 Å². The summed E-state index contributed by atoms with van der Waals surface area (Å²) in [6.45, 7) is 5.48. The van der Waals surface area contributed by atoms with Gasteiger partial charge in [-0.15, -0.1) is 5.10 Å². The first-order chi connectivity index (χ1) is 10.8. The van der Waals surface area contributed by atoms with Crippen LogP contribution in [0.15, 0.2) is 16.7 Å². The normalized spacial score (nSPS) is 16.6. The van der Waals surface area contributed by atoms with E-state index in [-0.39, 0.29) is 0 Å². The Hall–Kier alpha value is -1.82. The Bertz CT molecular complexity index is 572. The predicted molar refractivity (Wildman–Crippen MR) is 83.3 cm³/mol. The minimum atomic E-state index is 0.525. The molecule has 1 aliphatic heterocycles. The fourth-order valence-corrected chi connectivity index (χ4v) is 2.79. The zero-order valence-corrected chi connectivity index (χ0v) is 13.2. The van der Waals surface area contributed by atoms with E-state index in [1.807, 2.05) is 19.1 Å². The molecule has 1 fully saturated rings. The van der Waals surface area contributed by atoms with Crippen LogP contribution in [0.4, 0.5) is 0 Å². The van der Waals surface area contributed by atoms with Crippen LogP contribution in [0.2, 0.25) is 0 Å². The molecule has 2 aromatic heterocycles. The van der Waals surface area contributed by atoms with Crippen molar-refractivity contribution in [3.63, 3.8) is 0 Å². The summed E-state index contributed by atoms with van der Waals surface area (Å²) in [4.78, 5) is 6.96. The molecule has 0 saturated carbocycles. The van der Waals surface area contributed by atoms with Gasteiger partial charge in [-0.1, -0.05) is 18.0 Å². The SMILES string of the molecule is Cc1ccc(-c2noc(CCCN3CCCCCC3)n2)nn1. The maximum Gasteiger partial charge on any atom is 0.227 e. The van der Waals surface area contributed by atoms with Gasteiger partial charge in [-0.2, -0.15) is 10.1 Å². The van der Waals surface area contributed by atoms with Crippen LogP contribution in [0.5, 0.6) is 0 Å². The second-order valence-electron chi connectivity index (χ2n) is 5.93. The van der Waals surface area contributed by atoms with Crippen molar-refractivity contribution in [3.8, 4) is 11.5 Å². The number of likely N-dealkylation sites (tertiary alicyclic amines) is 1. The maximum absolute atomic E-state index is 5.32. The predicted octanol–water partition coefficient (Wildman–Crippen LogP) is 2.64. The van der Waals surface area contributed by atoms with Crippen LogP contribution in [-0.4, -0.2) is 44.9 Å². The summed E-state index contributed by atoms with van der Waals surface area (Å²) in [7, 11) is 0. The Morgan fingerprint density at radius 1 is 1.09 bits per heavy atom. The quantitative estimate of drug-likeness (QED) is 0.845. The van der Waals surface area contributed by atoms with Crippen molar-refractivity contribution in [1.82, 2.24) is 25.2 Å². The summed E-state index contributed by atoms with van der Waals surface area (Å²) in [6.07, 6.45) is 7.29. The molecule has 1 saturated heterocycles. The van der Waals surface area contributed by atoms with Gasteiger partial charge in [0.15, 0.2) is 0 Å². The lowest BCUT2D eigenvalue weighted by atomic mass is 10.2. The summed E-state index contributed by atoms with van der Waals surface area (Å²) in [5, 5.41) is 12.1. The average molecular weight is 301 g/mol. The van der Waals surface area contributed by atoms with Crippen molar-refractivity contribution in [3.05, 3.63) is 23.7 Å². The molecule has 0 radical (unpaired) electrons. The molecule has 6 heteroatoms. The van der Waals surface area contributed by atoms with Crippen molar-refractivity contribution in [2.24, 2.45) is 0 Å². The van der Waals surface area contributed by atoms with Gasteiger partial charge in [0.25, 0.3) is 0 Å². The van der Waals surface area contributed by atoms with E-state index >= 15 is 0 Å². The zero-order valence-electron chi connectivity index (χ0n) is 13.2. The van der Waals surface area contributed by atoms with Crippen LogP contribution in [0, 0.1) is 6.92 Å². The van der Waals surface area contributed by atoms with Gasteiger partial charge in [0, 0.05) is 6.42 Å². The Morgan fingerprint density at radius 3 is 2.64 bits per heavy atom. The molecular weight excluding hydrogens is 278 g/mol. The number of aryl methyl sites for hydroxylation is 2. The molecule has 3 heterocycles. The maximum atomic E-state index is 5.32. The van der Waals surface area contributed by atoms with Crippen LogP contribution >= 0.6 is 0 Å². The second-order valence-corrected chi connectivity index (χ2v) is 5.93. The minimum Gasteiger partial charge on any atom is -0.339 e. The third-order valence-corrected chi connectivity index (χ3v) is 4.06. The van der Waals surface area contributed by atoms with Gasteiger partial charge < -0.3 is 9.42 Å². The Labute approximate surface area is 130 Å². The highest BCUT2D eigenvalue weighted by atomic mass is 16.5. The highest BCUT2D eigenvalue weighted by molar-refractivity contribution is 5.46. The van der Waals surface area contributed by atoms with Crippen LogP contribution < -0.4 is 0 Å². The van der Waals surface area contributed by atoms with E-state index in [9.17, 15) is 0 Å². The molecule has 22 heavy (non-hydrogen) atoms. The first kappa shape index (κ1) is 15.1. The molecule has 0 bridgehead atoms. The van der Waals surface area contributed by atoms with E-state index in [4.69, 9.17) is 4.52 Å².